The van der Waals surface area contributed by atoms with Crippen LogP contribution in [0.3, 0.4) is 0 Å². The summed E-state index contributed by atoms with van der Waals surface area (Å²) in [4.78, 5) is 16.5. The van der Waals surface area contributed by atoms with Crippen LogP contribution in [0.5, 0.6) is 0 Å². The van der Waals surface area contributed by atoms with Crippen LogP contribution in [-0.4, -0.2) is 24.0 Å². The first-order valence-electron chi connectivity index (χ1n) is 8.99. The molecule has 0 bridgehead atoms. The Balaban J connectivity index is 1.54. The number of hydrogen-bond donors (Lipinski definition) is 2. The fourth-order valence-electron chi connectivity index (χ4n) is 2.97. The molecule has 0 saturated carbocycles. The molecule has 29 heavy (non-hydrogen) atoms. The number of anilines is 1. The van der Waals surface area contributed by atoms with E-state index in [9.17, 15) is 18.0 Å². The highest BCUT2D eigenvalue weighted by atomic mass is 35.5. The van der Waals surface area contributed by atoms with E-state index in [1.807, 2.05) is 12.1 Å². The molecule has 0 unspecified atom stereocenters. The fraction of sp³-hybridized carbons (Fsp3) is 0.238. The Morgan fingerprint density at radius 2 is 1.90 bits per heavy atom. The lowest BCUT2D eigenvalue weighted by molar-refractivity contribution is -0.137. The predicted molar refractivity (Wildman–Crippen MR) is 108 cm³/mol. The molecule has 3 rings (SSSR count). The van der Waals surface area contributed by atoms with Crippen molar-refractivity contribution in [3.8, 4) is 0 Å². The molecule has 0 atom stereocenters. The molecule has 152 valence electrons. The zero-order chi connectivity index (χ0) is 21.0. The van der Waals surface area contributed by atoms with E-state index in [-0.39, 0.29) is 5.56 Å². The van der Waals surface area contributed by atoms with Gasteiger partial charge in [-0.05, 0) is 61.4 Å². The lowest BCUT2D eigenvalue weighted by atomic mass is 10.1. The standard InChI is InChI=1S/C21H19ClF3N3O/c1-13-9-14(11-15(10-13)21(23,24)25)20(29)28-7-2-6-26-18-5-8-27-19-12-16(22)3-4-17(18)19/h3-5,8-12H,2,6-7H2,1H3,(H,26,27)(H,28,29). The topological polar surface area (TPSA) is 54.0 Å². The summed E-state index contributed by atoms with van der Waals surface area (Å²) in [7, 11) is 0. The minimum Gasteiger partial charge on any atom is -0.384 e. The van der Waals surface area contributed by atoms with E-state index < -0.39 is 17.6 Å². The van der Waals surface area contributed by atoms with E-state index in [0.717, 1.165) is 28.7 Å². The number of alkyl halides is 3. The maximum atomic E-state index is 12.9. The first-order valence-corrected chi connectivity index (χ1v) is 9.37. The van der Waals surface area contributed by atoms with Gasteiger partial charge in [0.2, 0.25) is 0 Å². The number of rotatable bonds is 6. The second-order valence-corrected chi connectivity index (χ2v) is 7.08. The predicted octanol–water partition coefficient (Wildman–Crippen LogP) is 5.45. The van der Waals surface area contributed by atoms with Crippen LogP contribution in [0.15, 0.2) is 48.7 Å². The van der Waals surface area contributed by atoms with Crippen LogP contribution in [0.4, 0.5) is 18.9 Å². The van der Waals surface area contributed by atoms with Crippen molar-refractivity contribution in [3.63, 3.8) is 0 Å². The Hall–Kier alpha value is -2.80. The van der Waals surface area contributed by atoms with E-state index in [4.69, 9.17) is 11.6 Å². The number of nitrogens with zero attached hydrogens (tertiary/aromatic N) is 1. The maximum Gasteiger partial charge on any atom is 0.416 e. The number of nitrogens with one attached hydrogen (secondary N) is 2. The highest BCUT2D eigenvalue weighted by molar-refractivity contribution is 6.31. The zero-order valence-corrected chi connectivity index (χ0v) is 16.4. The van der Waals surface area contributed by atoms with E-state index in [0.29, 0.717) is 30.1 Å². The Morgan fingerprint density at radius 3 is 2.66 bits per heavy atom. The molecule has 0 aliphatic rings. The lowest BCUT2D eigenvalue weighted by Gasteiger charge is -2.12. The molecule has 0 fully saturated rings. The molecule has 2 N–H and O–H groups in total. The third kappa shape index (κ3) is 5.38. The Bertz CT molecular complexity index is 1040. The molecule has 3 aromatic rings. The number of pyridine rings is 1. The normalized spacial score (nSPS) is 11.5. The van der Waals surface area contributed by atoms with Gasteiger partial charge >= 0.3 is 6.18 Å². The van der Waals surface area contributed by atoms with Gasteiger partial charge in [0.1, 0.15) is 0 Å². The second-order valence-electron chi connectivity index (χ2n) is 6.64. The summed E-state index contributed by atoms with van der Waals surface area (Å²) < 4.78 is 38.7. The van der Waals surface area contributed by atoms with Gasteiger partial charge in [-0.3, -0.25) is 9.78 Å². The number of aromatic nitrogens is 1. The molecule has 2 aromatic carbocycles. The van der Waals surface area contributed by atoms with Crippen molar-refractivity contribution in [2.24, 2.45) is 0 Å². The largest absolute Gasteiger partial charge is 0.416 e. The minimum atomic E-state index is -4.48. The van der Waals surface area contributed by atoms with Crippen molar-refractivity contribution in [2.45, 2.75) is 19.5 Å². The molecular formula is C21H19ClF3N3O. The number of aryl methyl sites for hydroxylation is 1. The van der Waals surface area contributed by atoms with E-state index in [2.05, 4.69) is 15.6 Å². The van der Waals surface area contributed by atoms with Crippen molar-refractivity contribution < 1.29 is 18.0 Å². The number of hydrogen-bond acceptors (Lipinski definition) is 3. The van der Waals surface area contributed by atoms with Gasteiger partial charge in [0.05, 0.1) is 11.1 Å². The summed E-state index contributed by atoms with van der Waals surface area (Å²) >= 11 is 5.98. The third-order valence-corrected chi connectivity index (χ3v) is 4.56. The summed E-state index contributed by atoms with van der Waals surface area (Å²) in [6.45, 7) is 2.43. The van der Waals surface area contributed by atoms with Crippen LogP contribution in [0.1, 0.15) is 27.9 Å². The molecular weight excluding hydrogens is 403 g/mol. The fourth-order valence-corrected chi connectivity index (χ4v) is 3.14. The number of amides is 1. The minimum absolute atomic E-state index is 0.00212. The molecule has 0 spiro atoms. The van der Waals surface area contributed by atoms with Gasteiger partial charge in [-0.25, -0.2) is 0 Å². The first kappa shape index (κ1) is 20.9. The second kappa shape index (κ2) is 8.69. The number of fused-ring (bicyclic) bond motifs is 1. The van der Waals surface area contributed by atoms with E-state index in [1.54, 1.807) is 18.3 Å². The smallest absolute Gasteiger partial charge is 0.384 e. The molecule has 1 heterocycles. The molecule has 8 heteroatoms. The van der Waals surface area contributed by atoms with Gasteiger partial charge in [-0.1, -0.05) is 11.6 Å². The monoisotopic (exact) mass is 421 g/mol. The average molecular weight is 422 g/mol. The molecule has 0 aliphatic heterocycles. The van der Waals surface area contributed by atoms with Gasteiger partial charge in [-0.15, -0.1) is 0 Å². The van der Waals surface area contributed by atoms with Crippen molar-refractivity contribution >= 4 is 34.1 Å². The molecule has 0 aliphatic carbocycles. The highest BCUT2D eigenvalue weighted by Gasteiger charge is 2.31. The van der Waals surface area contributed by atoms with Gasteiger partial charge in [-0.2, -0.15) is 13.2 Å². The Labute approximate surface area is 171 Å². The summed E-state index contributed by atoms with van der Waals surface area (Å²) in [6, 6.07) is 10.6. The summed E-state index contributed by atoms with van der Waals surface area (Å²) in [5, 5.41) is 7.47. The highest BCUT2D eigenvalue weighted by Crippen LogP contribution is 2.30. The van der Waals surface area contributed by atoms with E-state index in [1.165, 1.54) is 13.0 Å². The molecule has 0 saturated heterocycles. The van der Waals surface area contributed by atoms with Gasteiger partial charge in [0.25, 0.3) is 5.91 Å². The van der Waals surface area contributed by atoms with Gasteiger partial charge < -0.3 is 10.6 Å². The summed E-state index contributed by atoms with van der Waals surface area (Å²) in [5.41, 5.74) is 1.23. The van der Waals surface area contributed by atoms with Crippen molar-refractivity contribution in [1.29, 1.82) is 0 Å². The van der Waals surface area contributed by atoms with Crippen molar-refractivity contribution in [2.75, 3.05) is 18.4 Å². The number of halogens is 4. The van der Waals surface area contributed by atoms with Crippen molar-refractivity contribution in [1.82, 2.24) is 10.3 Å². The van der Waals surface area contributed by atoms with E-state index >= 15 is 0 Å². The van der Waals surface area contributed by atoms with Gasteiger partial charge in [0, 0.05) is 40.9 Å². The molecule has 0 radical (unpaired) electrons. The van der Waals surface area contributed by atoms with Crippen LogP contribution < -0.4 is 10.6 Å². The van der Waals surface area contributed by atoms with Crippen LogP contribution in [0.2, 0.25) is 5.02 Å². The number of benzene rings is 2. The average Bonchev–Trinajstić information content (AvgIpc) is 2.66. The summed E-state index contributed by atoms with van der Waals surface area (Å²) in [5.74, 6) is -0.525. The van der Waals surface area contributed by atoms with Crippen LogP contribution in [0.25, 0.3) is 10.9 Å². The number of carbonyl (C=O) groups is 1. The Kier molecular flexibility index (Phi) is 6.27. The SMILES string of the molecule is Cc1cc(C(=O)NCCCNc2ccnc3cc(Cl)ccc23)cc(C(F)(F)F)c1. The lowest BCUT2D eigenvalue weighted by Crippen LogP contribution is -2.26. The van der Waals surface area contributed by atoms with Crippen LogP contribution in [0, 0.1) is 6.92 Å². The van der Waals surface area contributed by atoms with Crippen LogP contribution >= 0.6 is 11.6 Å². The first-order chi connectivity index (χ1) is 13.7. The van der Waals surface area contributed by atoms with Crippen LogP contribution in [-0.2, 0) is 6.18 Å². The molecule has 1 amide bonds. The van der Waals surface area contributed by atoms with Crippen molar-refractivity contribution in [3.05, 3.63) is 70.4 Å². The molecule has 4 nitrogen and oxygen atoms in total. The Morgan fingerprint density at radius 1 is 1.10 bits per heavy atom. The molecule has 1 aromatic heterocycles. The van der Waals surface area contributed by atoms with Gasteiger partial charge in [0.15, 0.2) is 0 Å². The zero-order valence-electron chi connectivity index (χ0n) is 15.6. The quantitative estimate of drug-likeness (QED) is 0.520. The maximum absolute atomic E-state index is 12.9. The number of carbonyl (C=O) groups excluding carboxylic acids is 1. The third-order valence-electron chi connectivity index (χ3n) is 4.33. The summed E-state index contributed by atoms with van der Waals surface area (Å²) in [6.07, 6.45) is -2.21.